The zero-order valence-electron chi connectivity index (χ0n) is 20.3. The van der Waals surface area contributed by atoms with Gasteiger partial charge in [-0.3, -0.25) is 0 Å². The van der Waals surface area contributed by atoms with Gasteiger partial charge in [-0.25, -0.2) is 9.97 Å². The highest BCUT2D eigenvalue weighted by Gasteiger charge is 2.30. The van der Waals surface area contributed by atoms with Crippen LogP contribution in [0.15, 0.2) is 66.9 Å². The van der Waals surface area contributed by atoms with E-state index in [4.69, 9.17) is 15.0 Å². The summed E-state index contributed by atoms with van der Waals surface area (Å²) in [6.07, 6.45) is 7.17. The van der Waals surface area contributed by atoms with Crippen LogP contribution >= 0.6 is 0 Å². The van der Waals surface area contributed by atoms with Crippen LogP contribution in [0.5, 0.6) is 0 Å². The maximum Gasteiger partial charge on any atom is 0.227 e. The quantitative estimate of drug-likeness (QED) is 0.474. The number of anilines is 1. The number of rotatable bonds is 5. The van der Waals surface area contributed by atoms with Crippen LogP contribution in [0.1, 0.15) is 31.2 Å². The van der Waals surface area contributed by atoms with Crippen molar-refractivity contribution in [1.82, 2.24) is 15.0 Å². The molecular weight excluding hydrogens is 432 g/mol. The Hall–Kier alpha value is -3.35. The smallest absolute Gasteiger partial charge is 0.227 e. The van der Waals surface area contributed by atoms with Crippen molar-refractivity contribution in [1.29, 1.82) is 0 Å². The lowest BCUT2D eigenvalue weighted by Crippen LogP contribution is -3.14. The summed E-state index contributed by atoms with van der Waals surface area (Å²) in [7, 11) is 0. The van der Waals surface area contributed by atoms with E-state index < -0.39 is 0 Å². The van der Waals surface area contributed by atoms with Gasteiger partial charge in [-0.15, -0.1) is 0 Å². The maximum absolute atomic E-state index is 5.11. The molecule has 2 aromatic carbocycles. The van der Waals surface area contributed by atoms with Crippen LogP contribution in [0.2, 0.25) is 0 Å². The summed E-state index contributed by atoms with van der Waals surface area (Å²) in [5, 5.41) is 0.974. The highest BCUT2D eigenvalue weighted by atomic mass is 15.3. The third-order valence-electron chi connectivity index (χ3n) is 7.76. The van der Waals surface area contributed by atoms with Crippen molar-refractivity contribution < 1.29 is 10.6 Å². The first-order valence-electron chi connectivity index (χ1n) is 13.0. The lowest BCUT2D eigenvalue weighted by atomic mass is 9.98. The number of nitrogens with one attached hydrogen (secondary N) is 1. The first kappa shape index (κ1) is 22.1. The van der Waals surface area contributed by atoms with E-state index in [-0.39, 0.29) is 0 Å². The number of hydrogen-bond acceptors (Lipinski definition) is 4. The molecule has 6 nitrogen and oxygen atoms in total. The molecule has 4 N–H and O–H groups in total. The molecular formula is C29H34N6+2. The summed E-state index contributed by atoms with van der Waals surface area (Å²) in [5.74, 6) is 0.811. The molecule has 6 heteroatoms. The minimum atomic E-state index is 0.762. The molecule has 0 saturated carbocycles. The number of hydrogen-bond donors (Lipinski definition) is 2. The molecule has 6 rings (SSSR count). The van der Waals surface area contributed by atoms with E-state index in [0.717, 1.165) is 65.0 Å². The van der Waals surface area contributed by atoms with Crippen LogP contribution in [-0.2, 0) is 6.54 Å². The van der Waals surface area contributed by atoms with Gasteiger partial charge in [-0.2, -0.15) is 4.98 Å². The molecule has 0 amide bonds. The molecule has 2 saturated heterocycles. The van der Waals surface area contributed by atoms with Gasteiger partial charge in [0.15, 0.2) is 5.65 Å². The second-order valence-corrected chi connectivity index (χ2v) is 9.91. The molecule has 0 aliphatic carbocycles. The zero-order valence-corrected chi connectivity index (χ0v) is 20.3. The van der Waals surface area contributed by atoms with E-state index >= 15 is 0 Å². The van der Waals surface area contributed by atoms with Gasteiger partial charge in [0, 0.05) is 67.0 Å². The van der Waals surface area contributed by atoms with Crippen LogP contribution in [0.3, 0.4) is 0 Å². The molecule has 0 spiro atoms. The largest absolute Gasteiger partial charge is 0.354 e. The van der Waals surface area contributed by atoms with Gasteiger partial charge in [0.25, 0.3) is 0 Å². The van der Waals surface area contributed by atoms with Crippen molar-refractivity contribution in [2.45, 2.75) is 38.3 Å². The van der Waals surface area contributed by atoms with E-state index in [1.807, 2.05) is 17.2 Å². The first-order valence-corrected chi connectivity index (χ1v) is 13.0. The van der Waals surface area contributed by atoms with Crippen LogP contribution < -0.4 is 15.5 Å². The molecule has 2 aliphatic heterocycles. The van der Waals surface area contributed by atoms with Crippen LogP contribution in [0.4, 0.5) is 5.95 Å². The standard InChI is InChI=1S/C29H32N6/c30-19-21-8-10-23(11-9-21)27-26(22-6-2-1-3-7-22)18-24-20-31-29(33-28(24)32-27)35-16-12-25(13-17-35)34-14-4-5-15-34/h1-3,6-11,18,20,25H,4-5,12-17,19,30H2/p+2. The first-order chi connectivity index (χ1) is 17.3. The van der Waals surface area contributed by atoms with E-state index in [1.165, 1.54) is 44.3 Å². The van der Waals surface area contributed by atoms with Crippen molar-refractivity contribution >= 4 is 17.0 Å². The Balaban J connectivity index is 1.35. The van der Waals surface area contributed by atoms with E-state index in [2.05, 4.69) is 65.2 Å². The monoisotopic (exact) mass is 466 g/mol. The van der Waals surface area contributed by atoms with Crippen LogP contribution in [0.25, 0.3) is 33.4 Å². The summed E-state index contributed by atoms with van der Waals surface area (Å²) in [6.45, 7) is 5.54. The average Bonchev–Trinajstić information content (AvgIpc) is 3.48. The van der Waals surface area contributed by atoms with Gasteiger partial charge in [-0.05, 0) is 11.6 Å². The molecule has 4 aromatic rings. The molecule has 0 atom stereocenters. The van der Waals surface area contributed by atoms with Gasteiger partial charge >= 0.3 is 0 Å². The molecule has 178 valence electrons. The highest BCUT2D eigenvalue weighted by molar-refractivity contribution is 5.90. The number of piperidine rings is 1. The zero-order chi connectivity index (χ0) is 23.6. The fourth-order valence-corrected chi connectivity index (χ4v) is 5.72. The normalized spacial score (nSPS) is 17.3. The number of benzene rings is 2. The minimum absolute atomic E-state index is 0.762. The maximum atomic E-state index is 5.11. The topological polar surface area (TPSA) is 74.0 Å². The molecule has 2 fully saturated rings. The predicted octanol–water partition coefficient (Wildman–Crippen LogP) is 2.75. The highest BCUT2D eigenvalue weighted by Crippen LogP contribution is 2.33. The second kappa shape index (κ2) is 9.72. The number of pyridine rings is 1. The Kier molecular flexibility index (Phi) is 6.15. The Bertz CT molecular complexity index is 1290. The Labute approximate surface area is 206 Å². The minimum Gasteiger partial charge on any atom is -0.354 e. The summed E-state index contributed by atoms with van der Waals surface area (Å²) >= 11 is 0. The number of aromatic nitrogens is 3. The molecule has 2 aliphatic rings. The van der Waals surface area contributed by atoms with Crippen LogP contribution in [-0.4, -0.2) is 47.2 Å². The Morgan fingerprint density at radius 1 is 0.886 bits per heavy atom. The van der Waals surface area contributed by atoms with E-state index in [1.54, 1.807) is 0 Å². The van der Waals surface area contributed by atoms with Gasteiger partial charge in [0.05, 0.1) is 31.4 Å². The predicted molar refractivity (Wildman–Crippen MR) is 140 cm³/mol. The molecule has 0 bridgehead atoms. The summed E-state index contributed by atoms with van der Waals surface area (Å²) < 4.78 is 0. The Morgan fingerprint density at radius 3 is 2.34 bits per heavy atom. The van der Waals surface area contributed by atoms with Gasteiger partial charge < -0.3 is 15.5 Å². The average molecular weight is 467 g/mol. The molecule has 2 aromatic heterocycles. The SMILES string of the molecule is [NH3+]Cc1ccc(-c2nc3nc(N4CCC([NH+]5CCCC5)CC4)ncc3cc2-c2ccccc2)cc1. The van der Waals surface area contributed by atoms with Gasteiger partial charge in [0.2, 0.25) is 5.95 Å². The van der Waals surface area contributed by atoms with Crippen molar-refractivity contribution in [2.75, 3.05) is 31.1 Å². The molecule has 4 heterocycles. The van der Waals surface area contributed by atoms with Gasteiger partial charge in [-0.1, -0.05) is 54.6 Å². The summed E-state index contributed by atoms with van der Waals surface area (Å²) in [6, 6.07) is 22.0. The number of quaternary nitrogens is 2. The van der Waals surface area contributed by atoms with Crippen molar-refractivity contribution in [3.05, 3.63) is 72.4 Å². The fraction of sp³-hybridized carbons (Fsp3) is 0.345. The number of likely N-dealkylation sites (tertiary alicyclic amines) is 1. The second-order valence-electron chi connectivity index (χ2n) is 9.91. The molecule has 35 heavy (non-hydrogen) atoms. The summed E-state index contributed by atoms with van der Waals surface area (Å²) in [4.78, 5) is 19.0. The van der Waals surface area contributed by atoms with E-state index in [0.29, 0.717) is 0 Å². The third kappa shape index (κ3) is 4.51. The lowest BCUT2D eigenvalue weighted by Gasteiger charge is -2.34. The number of nitrogens with zero attached hydrogens (tertiary/aromatic N) is 4. The molecule has 0 unspecified atom stereocenters. The third-order valence-corrected chi connectivity index (χ3v) is 7.76. The van der Waals surface area contributed by atoms with E-state index in [9.17, 15) is 0 Å². The Morgan fingerprint density at radius 2 is 1.63 bits per heavy atom. The fourth-order valence-electron chi connectivity index (χ4n) is 5.72. The van der Waals surface area contributed by atoms with Crippen molar-refractivity contribution in [3.8, 4) is 22.4 Å². The van der Waals surface area contributed by atoms with Crippen molar-refractivity contribution in [2.24, 2.45) is 0 Å². The van der Waals surface area contributed by atoms with Gasteiger partial charge in [0.1, 0.15) is 0 Å². The van der Waals surface area contributed by atoms with Crippen LogP contribution in [0, 0.1) is 0 Å². The van der Waals surface area contributed by atoms with Crippen molar-refractivity contribution in [3.63, 3.8) is 0 Å². The summed E-state index contributed by atoms with van der Waals surface area (Å²) in [5.41, 5.74) is 10.3. The molecule has 0 radical (unpaired) electrons. The lowest BCUT2D eigenvalue weighted by molar-refractivity contribution is -0.914. The number of fused-ring (bicyclic) bond motifs is 1.